The van der Waals surface area contributed by atoms with E-state index in [4.69, 9.17) is 5.11 Å². The second kappa shape index (κ2) is 6.04. The van der Waals surface area contributed by atoms with Crippen LogP contribution in [0.4, 0.5) is 0 Å². The van der Waals surface area contributed by atoms with Gasteiger partial charge in [-0.15, -0.1) is 11.3 Å². The largest absolute Gasteiger partial charge is 0.481 e. The van der Waals surface area contributed by atoms with Crippen LogP contribution in [0.25, 0.3) is 0 Å². The number of hydrogen-bond donors (Lipinski definition) is 2. The zero-order valence-corrected chi connectivity index (χ0v) is 11.9. The second-order valence-corrected chi connectivity index (χ2v) is 5.69. The molecule has 1 aliphatic heterocycles. The first kappa shape index (κ1) is 14.5. The molecular weight excluding hydrogens is 280 g/mol. The maximum Gasteiger partial charge on any atom is 0.305 e. The molecule has 1 aromatic rings. The third kappa shape index (κ3) is 2.98. The van der Waals surface area contributed by atoms with Crippen LogP contribution in [0, 0.1) is 0 Å². The number of amides is 2. The van der Waals surface area contributed by atoms with Crippen LogP contribution in [0.5, 0.6) is 0 Å². The van der Waals surface area contributed by atoms with Crippen molar-refractivity contribution < 1.29 is 19.5 Å². The fourth-order valence-electron chi connectivity index (χ4n) is 2.15. The average Bonchev–Trinajstić information content (AvgIpc) is 2.88. The summed E-state index contributed by atoms with van der Waals surface area (Å²) in [5, 5.41) is 11.5. The lowest BCUT2D eigenvalue weighted by molar-refractivity contribution is -0.142. The van der Waals surface area contributed by atoms with E-state index in [1.807, 2.05) is 13.0 Å². The van der Waals surface area contributed by atoms with Gasteiger partial charge in [0.15, 0.2) is 0 Å². The number of nitrogens with one attached hydrogen (secondary N) is 1. The summed E-state index contributed by atoms with van der Waals surface area (Å²) in [6.07, 6.45) is 0.473. The molecule has 2 heterocycles. The number of hydrogen-bond acceptors (Lipinski definition) is 4. The molecule has 20 heavy (non-hydrogen) atoms. The van der Waals surface area contributed by atoms with E-state index < -0.39 is 17.9 Å². The maximum atomic E-state index is 12.4. The topological polar surface area (TPSA) is 86.7 Å². The normalized spacial score (nSPS) is 18.8. The summed E-state index contributed by atoms with van der Waals surface area (Å²) in [7, 11) is 0. The molecule has 1 aromatic heterocycles. The number of carbonyl (C=O) groups excluding carboxylic acids is 2. The Hall–Kier alpha value is -1.89. The van der Waals surface area contributed by atoms with Crippen molar-refractivity contribution in [3.05, 3.63) is 21.9 Å². The Kier molecular flexibility index (Phi) is 4.39. The first-order valence-corrected chi connectivity index (χ1v) is 7.23. The number of piperazine rings is 1. The highest BCUT2D eigenvalue weighted by molar-refractivity contribution is 7.14. The summed E-state index contributed by atoms with van der Waals surface area (Å²) in [6, 6.07) is 2.69. The van der Waals surface area contributed by atoms with E-state index in [9.17, 15) is 14.4 Å². The van der Waals surface area contributed by atoms with Gasteiger partial charge in [0.2, 0.25) is 5.91 Å². The van der Waals surface area contributed by atoms with Crippen molar-refractivity contribution >= 4 is 29.1 Å². The molecule has 6 nitrogen and oxygen atoms in total. The lowest BCUT2D eigenvalue weighted by Gasteiger charge is -2.33. The molecule has 2 N–H and O–H groups in total. The molecule has 1 aliphatic rings. The molecule has 1 saturated heterocycles. The van der Waals surface area contributed by atoms with Crippen molar-refractivity contribution in [1.29, 1.82) is 0 Å². The summed E-state index contributed by atoms with van der Waals surface area (Å²) < 4.78 is 0. The molecule has 0 radical (unpaired) electrons. The number of carbonyl (C=O) groups is 3. The number of carboxylic acid groups (broad SMARTS) is 1. The predicted octanol–water partition coefficient (Wildman–Crippen LogP) is 0.726. The number of nitrogens with zero attached hydrogens (tertiary/aromatic N) is 1. The molecule has 0 spiro atoms. The Morgan fingerprint density at radius 3 is 2.85 bits per heavy atom. The fourth-order valence-corrected chi connectivity index (χ4v) is 3.05. The van der Waals surface area contributed by atoms with E-state index in [1.54, 1.807) is 6.07 Å². The van der Waals surface area contributed by atoms with Crippen LogP contribution >= 0.6 is 11.3 Å². The Balaban J connectivity index is 2.20. The van der Waals surface area contributed by atoms with Gasteiger partial charge in [-0.1, -0.05) is 6.92 Å². The number of aliphatic carboxylic acids is 1. The molecule has 2 amide bonds. The maximum absolute atomic E-state index is 12.4. The summed E-state index contributed by atoms with van der Waals surface area (Å²) in [5.74, 6) is -1.76. The minimum Gasteiger partial charge on any atom is -0.481 e. The first-order chi connectivity index (χ1) is 9.52. The SMILES string of the molecule is CCc1ccc(C(=O)N2CCNC(=O)C2CC(=O)O)s1. The van der Waals surface area contributed by atoms with Crippen molar-refractivity contribution in [1.82, 2.24) is 10.2 Å². The van der Waals surface area contributed by atoms with E-state index in [0.717, 1.165) is 11.3 Å². The summed E-state index contributed by atoms with van der Waals surface area (Å²) >= 11 is 1.39. The van der Waals surface area contributed by atoms with Gasteiger partial charge < -0.3 is 15.3 Å². The van der Waals surface area contributed by atoms with Crippen LogP contribution in [-0.4, -0.2) is 46.9 Å². The highest BCUT2D eigenvalue weighted by Crippen LogP contribution is 2.21. The smallest absolute Gasteiger partial charge is 0.305 e. The molecule has 0 saturated carbocycles. The Morgan fingerprint density at radius 2 is 2.25 bits per heavy atom. The highest BCUT2D eigenvalue weighted by Gasteiger charge is 2.35. The molecule has 1 atom stereocenters. The van der Waals surface area contributed by atoms with E-state index in [0.29, 0.717) is 18.0 Å². The minimum absolute atomic E-state index is 0.268. The lowest BCUT2D eigenvalue weighted by atomic mass is 10.1. The molecule has 0 bridgehead atoms. The van der Waals surface area contributed by atoms with E-state index in [1.165, 1.54) is 16.2 Å². The van der Waals surface area contributed by atoms with Crippen LogP contribution < -0.4 is 5.32 Å². The van der Waals surface area contributed by atoms with Gasteiger partial charge in [-0.05, 0) is 18.6 Å². The van der Waals surface area contributed by atoms with Crippen molar-refractivity contribution in [3.8, 4) is 0 Å². The van der Waals surface area contributed by atoms with Crippen molar-refractivity contribution in [2.24, 2.45) is 0 Å². The standard InChI is InChI=1S/C13H16N2O4S/c1-2-8-3-4-10(20-8)13(19)15-6-5-14-12(18)9(15)7-11(16)17/h3-4,9H,2,5-7H2,1H3,(H,14,18)(H,16,17). The van der Waals surface area contributed by atoms with Crippen molar-refractivity contribution in [2.75, 3.05) is 13.1 Å². The molecule has 7 heteroatoms. The van der Waals surface area contributed by atoms with Gasteiger partial charge in [0.25, 0.3) is 5.91 Å². The molecule has 0 aromatic carbocycles. The molecule has 2 rings (SSSR count). The van der Waals surface area contributed by atoms with Gasteiger partial charge in [-0.2, -0.15) is 0 Å². The van der Waals surface area contributed by atoms with Gasteiger partial charge in [-0.25, -0.2) is 0 Å². The highest BCUT2D eigenvalue weighted by atomic mass is 32.1. The van der Waals surface area contributed by atoms with Gasteiger partial charge >= 0.3 is 5.97 Å². The van der Waals surface area contributed by atoms with Gasteiger partial charge in [-0.3, -0.25) is 14.4 Å². The van der Waals surface area contributed by atoms with Crippen LogP contribution in [0.2, 0.25) is 0 Å². The molecule has 0 aliphatic carbocycles. The third-order valence-corrected chi connectivity index (χ3v) is 4.40. The molecule has 1 fully saturated rings. The van der Waals surface area contributed by atoms with Crippen molar-refractivity contribution in [2.45, 2.75) is 25.8 Å². The van der Waals surface area contributed by atoms with E-state index >= 15 is 0 Å². The van der Waals surface area contributed by atoms with Crippen LogP contribution in [-0.2, 0) is 16.0 Å². The van der Waals surface area contributed by atoms with Gasteiger partial charge in [0.05, 0.1) is 11.3 Å². The fraction of sp³-hybridized carbons (Fsp3) is 0.462. The Morgan fingerprint density at radius 1 is 1.50 bits per heavy atom. The van der Waals surface area contributed by atoms with E-state index in [2.05, 4.69) is 5.32 Å². The van der Waals surface area contributed by atoms with Crippen LogP contribution in [0.1, 0.15) is 27.9 Å². The van der Waals surface area contributed by atoms with Crippen LogP contribution in [0.15, 0.2) is 12.1 Å². The molecule has 108 valence electrons. The van der Waals surface area contributed by atoms with E-state index in [-0.39, 0.29) is 12.3 Å². The molecular formula is C13H16N2O4S. The number of thiophene rings is 1. The Bertz CT molecular complexity index is 540. The van der Waals surface area contributed by atoms with Crippen LogP contribution in [0.3, 0.4) is 0 Å². The second-order valence-electron chi connectivity index (χ2n) is 4.52. The number of aryl methyl sites for hydroxylation is 1. The monoisotopic (exact) mass is 296 g/mol. The average molecular weight is 296 g/mol. The van der Waals surface area contributed by atoms with Crippen molar-refractivity contribution in [3.63, 3.8) is 0 Å². The zero-order chi connectivity index (χ0) is 14.7. The first-order valence-electron chi connectivity index (χ1n) is 6.42. The third-order valence-electron chi connectivity index (χ3n) is 3.18. The number of carboxylic acids is 1. The quantitative estimate of drug-likeness (QED) is 0.857. The lowest BCUT2D eigenvalue weighted by Crippen LogP contribution is -2.57. The summed E-state index contributed by atoms with van der Waals surface area (Å²) in [4.78, 5) is 38.1. The summed E-state index contributed by atoms with van der Waals surface area (Å²) in [5.41, 5.74) is 0. The summed E-state index contributed by atoms with van der Waals surface area (Å²) in [6.45, 7) is 2.69. The minimum atomic E-state index is -1.09. The van der Waals surface area contributed by atoms with Gasteiger partial charge in [0, 0.05) is 18.0 Å². The number of rotatable bonds is 4. The Labute approximate surface area is 120 Å². The van der Waals surface area contributed by atoms with Gasteiger partial charge in [0.1, 0.15) is 6.04 Å². The zero-order valence-electron chi connectivity index (χ0n) is 11.1. The molecule has 1 unspecified atom stereocenters. The predicted molar refractivity (Wildman–Crippen MR) is 73.8 cm³/mol.